The molecule has 7 nitrogen and oxygen atoms in total. The number of halogens is 2. The normalized spacial score (nSPS) is 12.6. The lowest BCUT2D eigenvalue weighted by molar-refractivity contribution is -0.140. The van der Waals surface area contributed by atoms with Gasteiger partial charge < -0.3 is 10.2 Å². The highest BCUT2D eigenvalue weighted by molar-refractivity contribution is 7.92. The minimum Gasteiger partial charge on any atom is -0.352 e. The molecule has 0 fully saturated rings. The van der Waals surface area contributed by atoms with E-state index in [1.165, 1.54) is 41.3 Å². The molecule has 0 aliphatic carbocycles. The predicted molar refractivity (Wildman–Crippen MR) is 171 cm³/mol. The molecule has 44 heavy (non-hydrogen) atoms. The fraction of sp³-hybridized carbons (Fsp3) is 0.235. The lowest BCUT2D eigenvalue weighted by atomic mass is 10.0. The summed E-state index contributed by atoms with van der Waals surface area (Å²) < 4.78 is 42.7. The molecule has 2 atom stereocenters. The number of rotatable bonds is 13. The van der Waals surface area contributed by atoms with E-state index in [0.717, 1.165) is 9.87 Å². The van der Waals surface area contributed by atoms with Crippen molar-refractivity contribution in [2.45, 2.75) is 50.2 Å². The van der Waals surface area contributed by atoms with Crippen LogP contribution in [-0.4, -0.2) is 43.8 Å². The standard InChI is InChI=1S/C34H35ClFN3O4S/c1-3-25(2)37-34(41)32(22-26-10-6-4-7-11-26)38(23-27-14-18-29(36)19-15-27)33(40)24-39(30-20-16-28(35)17-21-30)44(42,43)31-12-8-5-9-13-31/h4-21,25,32H,3,22-24H2,1-2H3,(H,37,41)/t25-,32-/m1/s1. The number of sulfonamides is 1. The minimum atomic E-state index is -4.21. The van der Waals surface area contributed by atoms with Gasteiger partial charge in [-0.05, 0) is 73.0 Å². The van der Waals surface area contributed by atoms with Gasteiger partial charge >= 0.3 is 0 Å². The summed E-state index contributed by atoms with van der Waals surface area (Å²) >= 11 is 6.10. The zero-order chi connectivity index (χ0) is 31.7. The molecule has 4 aromatic rings. The van der Waals surface area contributed by atoms with Crippen molar-refractivity contribution in [2.75, 3.05) is 10.8 Å². The molecule has 0 heterocycles. The van der Waals surface area contributed by atoms with Crippen LogP contribution in [0, 0.1) is 5.82 Å². The van der Waals surface area contributed by atoms with Crippen molar-refractivity contribution < 1.29 is 22.4 Å². The Hall–Kier alpha value is -4.21. The van der Waals surface area contributed by atoms with Crippen LogP contribution in [0.1, 0.15) is 31.4 Å². The summed E-state index contributed by atoms with van der Waals surface area (Å²) in [5.74, 6) is -1.42. The van der Waals surface area contributed by atoms with Crippen LogP contribution >= 0.6 is 11.6 Å². The molecule has 0 radical (unpaired) electrons. The first-order chi connectivity index (χ1) is 21.1. The average Bonchev–Trinajstić information content (AvgIpc) is 3.03. The Morgan fingerprint density at radius 1 is 0.841 bits per heavy atom. The van der Waals surface area contributed by atoms with E-state index in [9.17, 15) is 22.4 Å². The third-order valence-electron chi connectivity index (χ3n) is 7.26. The second-order valence-corrected chi connectivity index (χ2v) is 12.8. The number of hydrogen-bond donors (Lipinski definition) is 1. The molecule has 10 heteroatoms. The van der Waals surface area contributed by atoms with Crippen LogP contribution in [-0.2, 0) is 32.6 Å². The molecule has 0 unspecified atom stereocenters. The number of anilines is 1. The van der Waals surface area contributed by atoms with Gasteiger partial charge in [-0.25, -0.2) is 12.8 Å². The smallest absolute Gasteiger partial charge is 0.264 e. The van der Waals surface area contributed by atoms with Crippen molar-refractivity contribution in [3.8, 4) is 0 Å². The number of nitrogens with one attached hydrogen (secondary N) is 1. The molecule has 0 aromatic heterocycles. The van der Waals surface area contributed by atoms with Crippen LogP contribution in [0.4, 0.5) is 10.1 Å². The van der Waals surface area contributed by atoms with Crippen molar-refractivity contribution in [1.29, 1.82) is 0 Å². The maximum absolute atomic E-state index is 14.4. The lowest BCUT2D eigenvalue weighted by Crippen LogP contribution is -2.54. The summed E-state index contributed by atoms with van der Waals surface area (Å²) in [7, 11) is -4.21. The molecular formula is C34H35ClFN3O4S. The van der Waals surface area contributed by atoms with Crippen LogP contribution in [0.2, 0.25) is 5.02 Å². The number of carbonyl (C=O) groups is 2. The van der Waals surface area contributed by atoms with Crippen molar-refractivity contribution >= 4 is 39.1 Å². The van der Waals surface area contributed by atoms with Crippen molar-refractivity contribution in [3.63, 3.8) is 0 Å². The summed E-state index contributed by atoms with van der Waals surface area (Å²) in [5, 5.41) is 3.39. The zero-order valence-corrected chi connectivity index (χ0v) is 26.1. The summed E-state index contributed by atoms with van der Waals surface area (Å²) in [6, 6.07) is 27.7. The Balaban J connectivity index is 1.79. The third kappa shape index (κ3) is 8.45. The average molecular weight is 636 g/mol. The van der Waals surface area contributed by atoms with Crippen LogP contribution in [0.25, 0.3) is 0 Å². The van der Waals surface area contributed by atoms with Gasteiger partial charge in [-0.1, -0.05) is 79.2 Å². The third-order valence-corrected chi connectivity index (χ3v) is 9.30. The Morgan fingerprint density at radius 2 is 1.43 bits per heavy atom. The van der Waals surface area contributed by atoms with Crippen molar-refractivity contribution in [2.24, 2.45) is 0 Å². The van der Waals surface area contributed by atoms with E-state index in [2.05, 4.69) is 5.32 Å². The Labute approximate surface area is 263 Å². The molecule has 4 aromatic carbocycles. The van der Waals surface area contributed by atoms with Gasteiger partial charge in [0.25, 0.3) is 10.0 Å². The first-order valence-electron chi connectivity index (χ1n) is 14.3. The van der Waals surface area contributed by atoms with Crippen molar-refractivity contribution in [1.82, 2.24) is 10.2 Å². The SMILES string of the molecule is CC[C@@H](C)NC(=O)[C@@H](Cc1ccccc1)N(Cc1ccc(F)cc1)C(=O)CN(c1ccc(Cl)cc1)S(=O)(=O)c1ccccc1. The molecule has 0 aliphatic rings. The summed E-state index contributed by atoms with van der Waals surface area (Å²) in [6.07, 6.45) is 0.859. The molecule has 1 N–H and O–H groups in total. The molecular weight excluding hydrogens is 601 g/mol. The number of hydrogen-bond acceptors (Lipinski definition) is 4. The summed E-state index contributed by atoms with van der Waals surface area (Å²) in [5.41, 5.74) is 1.63. The largest absolute Gasteiger partial charge is 0.352 e. The molecule has 0 saturated heterocycles. The van der Waals surface area contributed by atoms with Gasteiger partial charge in [0, 0.05) is 24.0 Å². The lowest BCUT2D eigenvalue weighted by Gasteiger charge is -2.34. The fourth-order valence-electron chi connectivity index (χ4n) is 4.64. The van der Waals surface area contributed by atoms with Crippen molar-refractivity contribution in [3.05, 3.63) is 131 Å². The monoisotopic (exact) mass is 635 g/mol. The first kappa shape index (κ1) is 32.7. The fourth-order valence-corrected chi connectivity index (χ4v) is 6.20. The number of carbonyl (C=O) groups excluding carboxylic acids is 2. The number of amides is 2. The van der Waals surface area contributed by atoms with Gasteiger partial charge in [0.05, 0.1) is 10.6 Å². The molecule has 0 bridgehead atoms. The van der Waals surface area contributed by atoms with Crippen LogP contribution < -0.4 is 9.62 Å². The maximum atomic E-state index is 14.4. The number of nitrogens with zero attached hydrogens (tertiary/aromatic N) is 2. The second kappa shape index (κ2) is 15.0. The highest BCUT2D eigenvalue weighted by Crippen LogP contribution is 2.26. The molecule has 4 rings (SSSR count). The molecule has 230 valence electrons. The Morgan fingerprint density at radius 3 is 2.02 bits per heavy atom. The summed E-state index contributed by atoms with van der Waals surface area (Å²) in [6.45, 7) is 3.17. The molecule has 0 aliphatic heterocycles. The highest BCUT2D eigenvalue weighted by Gasteiger charge is 2.35. The van der Waals surface area contributed by atoms with E-state index in [1.807, 2.05) is 44.2 Å². The van der Waals surface area contributed by atoms with Gasteiger partial charge in [0.15, 0.2) is 0 Å². The molecule has 0 saturated carbocycles. The van der Waals surface area contributed by atoms with E-state index >= 15 is 0 Å². The zero-order valence-electron chi connectivity index (χ0n) is 24.6. The van der Waals surface area contributed by atoms with Gasteiger partial charge in [-0.3, -0.25) is 13.9 Å². The molecule has 0 spiro atoms. The first-order valence-corrected chi connectivity index (χ1v) is 16.1. The highest BCUT2D eigenvalue weighted by atomic mass is 35.5. The van der Waals surface area contributed by atoms with E-state index in [-0.39, 0.29) is 35.5 Å². The van der Waals surface area contributed by atoms with Crippen LogP contribution in [0.15, 0.2) is 114 Å². The maximum Gasteiger partial charge on any atom is 0.264 e. The number of benzene rings is 4. The minimum absolute atomic E-state index is 0.00295. The summed E-state index contributed by atoms with van der Waals surface area (Å²) in [4.78, 5) is 29.6. The predicted octanol–water partition coefficient (Wildman–Crippen LogP) is 6.23. The van der Waals surface area contributed by atoms with Crippen LogP contribution in [0.5, 0.6) is 0 Å². The van der Waals surface area contributed by atoms with Gasteiger partial charge in [-0.15, -0.1) is 0 Å². The van der Waals surface area contributed by atoms with E-state index in [4.69, 9.17) is 11.6 Å². The van der Waals surface area contributed by atoms with E-state index < -0.39 is 34.3 Å². The topological polar surface area (TPSA) is 86.8 Å². The Bertz CT molecular complexity index is 1640. The van der Waals surface area contributed by atoms with Gasteiger partial charge in [-0.2, -0.15) is 0 Å². The van der Waals surface area contributed by atoms with E-state index in [1.54, 1.807) is 42.5 Å². The quantitative estimate of drug-likeness (QED) is 0.189. The van der Waals surface area contributed by atoms with E-state index in [0.29, 0.717) is 17.0 Å². The molecule has 2 amide bonds. The Kier molecular flexibility index (Phi) is 11.1. The van der Waals surface area contributed by atoms with Gasteiger partial charge in [0.1, 0.15) is 18.4 Å². The second-order valence-electron chi connectivity index (χ2n) is 10.5. The van der Waals surface area contributed by atoms with Gasteiger partial charge in [0.2, 0.25) is 11.8 Å². The van der Waals surface area contributed by atoms with Crippen LogP contribution in [0.3, 0.4) is 0 Å².